The highest BCUT2D eigenvalue weighted by Gasteiger charge is 2.17. The Balaban J connectivity index is 2.11. The molecule has 3 nitrogen and oxygen atoms in total. The van der Waals surface area contributed by atoms with E-state index in [1.807, 2.05) is 6.07 Å². The van der Waals surface area contributed by atoms with Crippen LogP contribution in [0, 0.1) is 5.92 Å². The molecule has 2 rings (SSSR count). The molecule has 19 heavy (non-hydrogen) atoms. The lowest BCUT2D eigenvalue weighted by Crippen LogP contribution is -2.16. The van der Waals surface area contributed by atoms with Gasteiger partial charge < -0.3 is 9.47 Å². The zero-order valence-electron chi connectivity index (χ0n) is 11.2. The molecule has 1 aromatic carbocycles. The highest BCUT2D eigenvalue weighted by atomic mass is 79.9. The lowest BCUT2D eigenvalue weighted by molar-refractivity contribution is 0.111. The number of methoxy groups -OCH3 is 1. The van der Waals surface area contributed by atoms with Crippen molar-refractivity contribution in [2.45, 2.75) is 32.1 Å². The average molecular weight is 327 g/mol. The van der Waals surface area contributed by atoms with Crippen molar-refractivity contribution >= 4 is 22.2 Å². The van der Waals surface area contributed by atoms with Crippen molar-refractivity contribution in [2.75, 3.05) is 13.7 Å². The summed E-state index contributed by atoms with van der Waals surface area (Å²) in [7, 11) is 1.59. The van der Waals surface area contributed by atoms with Crippen molar-refractivity contribution in [2.24, 2.45) is 5.92 Å². The summed E-state index contributed by atoms with van der Waals surface area (Å²) < 4.78 is 12.0. The number of halogens is 1. The van der Waals surface area contributed by atoms with E-state index in [1.165, 1.54) is 32.1 Å². The van der Waals surface area contributed by atoms with E-state index < -0.39 is 0 Å². The third kappa shape index (κ3) is 3.72. The lowest BCUT2D eigenvalue weighted by atomic mass is 9.90. The summed E-state index contributed by atoms with van der Waals surface area (Å²) in [6.45, 7) is 0.666. The van der Waals surface area contributed by atoms with Gasteiger partial charge in [-0.1, -0.05) is 35.2 Å². The average Bonchev–Trinajstić information content (AvgIpc) is 2.46. The second-order valence-electron chi connectivity index (χ2n) is 4.96. The largest absolute Gasteiger partial charge is 0.493 e. The highest BCUT2D eigenvalue weighted by Crippen LogP contribution is 2.35. The van der Waals surface area contributed by atoms with Gasteiger partial charge in [-0.3, -0.25) is 4.79 Å². The van der Waals surface area contributed by atoms with Gasteiger partial charge in [-0.15, -0.1) is 0 Å². The molecule has 4 heteroatoms. The molecule has 0 aromatic heterocycles. The lowest BCUT2D eigenvalue weighted by Gasteiger charge is -2.22. The van der Waals surface area contributed by atoms with Crippen LogP contribution in [-0.4, -0.2) is 20.0 Å². The van der Waals surface area contributed by atoms with Gasteiger partial charge in [0.25, 0.3) is 0 Å². The molecular weight excluding hydrogens is 308 g/mol. The normalized spacial score (nSPS) is 16.1. The Morgan fingerprint density at radius 1 is 1.32 bits per heavy atom. The van der Waals surface area contributed by atoms with Crippen LogP contribution < -0.4 is 9.47 Å². The van der Waals surface area contributed by atoms with Gasteiger partial charge >= 0.3 is 0 Å². The summed E-state index contributed by atoms with van der Waals surface area (Å²) in [5.74, 6) is 1.76. The van der Waals surface area contributed by atoms with Gasteiger partial charge in [0.2, 0.25) is 0 Å². The smallest absolute Gasteiger partial charge is 0.171 e. The van der Waals surface area contributed by atoms with E-state index >= 15 is 0 Å². The van der Waals surface area contributed by atoms with Crippen LogP contribution in [0.25, 0.3) is 0 Å². The standard InChI is InChI=1S/C15H19BrO3/c1-18-14-8-13(16)7-12(9-17)15(14)19-10-11-5-3-2-4-6-11/h7-9,11H,2-6,10H2,1H3. The van der Waals surface area contributed by atoms with Crippen LogP contribution in [0.1, 0.15) is 42.5 Å². The fourth-order valence-electron chi connectivity index (χ4n) is 2.54. The van der Waals surface area contributed by atoms with E-state index in [0.717, 1.165) is 10.8 Å². The van der Waals surface area contributed by atoms with Gasteiger partial charge in [-0.05, 0) is 30.9 Å². The molecule has 0 amide bonds. The number of hydrogen-bond acceptors (Lipinski definition) is 3. The number of ether oxygens (including phenoxy) is 2. The molecule has 1 aliphatic carbocycles. The molecule has 0 aliphatic heterocycles. The molecule has 1 saturated carbocycles. The minimum absolute atomic E-state index is 0.530. The van der Waals surface area contributed by atoms with Crippen LogP contribution >= 0.6 is 15.9 Å². The van der Waals surface area contributed by atoms with Crippen LogP contribution in [0.5, 0.6) is 11.5 Å². The minimum Gasteiger partial charge on any atom is -0.493 e. The summed E-state index contributed by atoms with van der Waals surface area (Å²) in [6.07, 6.45) is 7.14. The Morgan fingerprint density at radius 2 is 2.05 bits per heavy atom. The van der Waals surface area contributed by atoms with Crippen LogP contribution in [-0.2, 0) is 0 Å². The third-order valence-corrected chi connectivity index (χ3v) is 4.04. The molecule has 0 unspecified atom stereocenters. The third-order valence-electron chi connectivity index (χ3n) is 3.58. The van der Waals surface area contributed by atoms with Crippen molar-refractivity contribution in [3.05, 3.63) is 22.2 Å². The molecule has 0 bridgehead atoms. The SMILES string of the molecule is COc1cc(Br)cc(C=O)c1OCC1CCCCC1. The van der Waals surface area contributed by atoms with E-state index in [1.54, 1.807) is 13.2 Å². The van der Waals surface area contributed by atoms with Crippen LogP contribution in [0.2, 0.25) is 0 Å². The summed E-state index contributed by atoms with van der Waals surface area (Å²) in [5, 5.41) is 0. The first-order chi connectivity index (χ1) is 9.24. The number of aldehydes is 1. The van der Waals surface area contributed by atoms with Gasteiger partial charge in [-0.2, -0.15) is 0 Å². The number of hydrogen-bond donors (Lipinski definition) is 0. The van der Waals surface area contributed by atoms with Crippen molar-refractivity contribution in [1.29, 1.82) is 0 Å². The Kier molecular flexibility index (Phi) is 5.25. The van der Waals surface area contributed by atoms with Gasteiger partial charge in [0, 0.05) is 4.47 Å². The van der Waals surface area contributed by atoms with Crippen LogP contribution in [0.4, 0.5) is 0 Å². The quantitative estimate of drug-likeness (QED) is 0.759. The zero-order chi connectivity index (χ0) is 13.7. The first kappa shape index (κ1) is 14.4. The molecule has 0 atom stereocenters. The van der Waals surface area contributed by atoms with Crippen molar-refractivity contribution in [3.8, 4) is 11.5 Å². The molecule has 0 saturated heterocycles. The number of benzene rings is 1. The van der Waals surface area contributed by atoms with Crippen molar-refractivity contribution < 1.29 is 14.3 Å². The number of rotatable bonds is 5. The monoisotopic (exact) mass is 326 g/mol. The highest BCUT2D eigenvalue weighted by molar-refractivity contribution is 9.10. The molecule has 104 valence electrons. The number of carbonyl (C=O) groups is 1. The van der Waals surface area contributed by atoms with Gasteiger partial charge in [0.1, 0.15) is 0 Å². The first-order valence-corrected chi connectivity index (χ1v) is 7.49. The Morgan fingerprint density at radius 3 is 2.68 bits per heavy atom. The Hall–Kier alpha value is -1.03. The summed E-state index contributed by atoms with van der Waals surface area (Å²) >= 11 is 3.36. The predicted octanol–water partition coefficient (Wildman–Crippen LogP) is 4.23. The van der Waals surface area contributed by atoms with E-state index in [0.29, 0.717) is 29.6 Å². The van der Waals surface area contributed by atoms with E-state index in [9.17, 15) is 4.79 Å². The Bertz CT molecular complexity index is 439. The van der Waals surface area contributed by atoms with E-state index in [2.05, 4.69) is 15.9 Å². The number of carbonyl (C=O) groups excluding carboxylic acids is 1. The molecule has 1 fully saturated rings. The second-order valence-corrected chi connectivity index (χ2v) is 5.87. The van der Waals surface area contributed by atoms with Crippen molar-refractivity contribution in [3.63, 3.8) is 0 Å². The second kappa shape index (κ2) is 6.94. The summed E-state index contributed by atoms with van der Waals surface area (Å²) in [4.78, 5) is 11.1. The predicted molar refractivity (Wildman–Crippen MR) is 78.2 cm³/mol. The van der Waals surface area contributed by atoms with Gasteiger partial charge in [0.05, 0.1) is 19.3 Å². The summed E-state index contributed by atoms with van der Waals surface area (Å²) in [5.41, 5.74) is 0.530. The molecule has 0 spiro atoms. The minimum atomic E-state index is 0.530. The maximum Gasteiger partial charge on any atom is 0.171 e. The molecule has 0 N–H and O–H groups in total. The van der Waals surface area contributed by atoms with Crippen LogP contribution in [0.3, 0.4) is 0 Å². The topological polar surface area (TPSA) is 35.5 Å². The fraction of sp³-hybridized carbons (Fsp3) is 0.533. The van der Waals surface area contributed by atoms with Crippen LogP contribution in [0.15, 0.2) is 16.6 Å². The van der Waals surface area contributed by atoms with Gasteiger partial charge in [0.15, 0.2) is 17.8 Å². The molecular formula is C15H19BrO3. The maximum atomic E-state index is 11.1. The zero-order valence-corrected chi connectivity index (χ0v) is 12.7. The molecule has 1 aliphatic rings. The van der Waals surface area contributed by atoms with Crippen molar-refractivity contribution in [1.82, 2.24) is 0 Å². The Labute approximate surface area is 122 Å². The van der Waals surface area contributed by atoms with E-state index in [-0.39, 0.29) is 0 Å². The van der Waals surface area contributed by atoms with Gasteiger partial charge in [-0.25, -0.2) is 0 Å². The molecule has 1 aromatic rings. The molecule has 0 radical (unpaired) electrons. The first-order valence-electron chi connectivity index (χ1n) is 6.70. The summed E-state index contributed by atoms with van der Waals surface area (Å²) in [6, 6.07) is 3.58. The molecule has 0 heterocycles. The van der Waals surface area contributed by atoms with E-state index in [4.69, 9.17) is 9.47 Å². The fourth-order valence-corrected chi connectivity index (χ4v) is 2.99. The maximum absolute atomic E-state index is 11.1.